The Kier molecular flexibility index (Phi) is 36.6. The smallest absolute Gasteiger partial charge is 0.306 e. The summed E-state index contributed by atoms with van der Waals surface area (Å²) in [5.74, 6) is 1.56. The van der Waals surface area contributed by atoms with Crippen LogP contribution in [-0.2, 0) is 28.6 Å². The summed E-state index contributed by atoms with van der Waals surface area (Å²) in [6, 6.07) is 0. The fourth-order valence-electron chi connectivity index (χ4n) is 6.67. The summed E-state index contributed by atoms with van der Waals surface area (Å²) in [5.41, 5.74) is 0. The third kappa shape index (κ3) is 38.1. The van der Waals surface area contributed by atoms with Gasteiger partial charge < -0.3 is 14.2 Å². The number of esters is 3. The molecule has 0 spiro atoms. The molecule has 0 heterocycles. The van der Waals surface area contributed by atoms with Crippen molar-refractivity contribution in [1.82, 2.24) is 0 Å². The van der Waals surface area contributed by atoms with Crippen molar-refractivity contribution < 1.29 is 28.6 Å². The van der Waals surface area contributed by atoms with E-state index in [0.717, 1.165) is 75.5 Å². The molecule has 0 bridgehead atoms. The predicted octanol–water partition coefficient (Wildman–Crippen LogP) is 14.0. The van der Waals surface area contributed by atoms with E-state index in [9.17, 15) is 14.4 Å². The van der Waals surface area contributed by atoms with Gasteiger partial charge in [-0.3, -0.25) is 14.4 Å². The molecule has 0 aromatic carbocycles. The van der Waals surface area contributed by atoms with Gasteiger partial charge in [-0.1, -0.05) is 202 Å². The summed E-state index contributed by atoms with van der Waals surface area (Å²) < 4.78 is 16.7. The fraction of sp³-hybridized carbons (Fsp3) is 0.935. The molecule has 0 aliphatic carbocycles. The predicted molar refractivity (Wildman–Crippen MR) is 219 cm³/mol. The topological polar surface area (TPSA) is 78.9 Å². The van der Waals surface area contributed by atoms with Gasteiger partial charge in [0.1, 0.15) is 13.2 Å². The van der Waals surface area contributed by atoms with Crippen LogP contribution in [0.2, 0.25) is 0 Å². The molecule has 0 amide bonds. The number of rotatable bonds is 39. The molecule has 0 aliphatic heterocycles. The van der Waals surface area contributed by atoms with Gasteiger partial charge in [0.15, 0.2) is 6.10 Å². The first-order chi connectivity index (χ1) is 25.1. The standard InChI is InChI=1S/C46H88O6/c1-7-42(6)34-28-22-18-19-25-31-37-46(49)52-43(39-51-45(48)36-30-24-17-13-12-15-21-27-33-41(4)5)38-50-44(47)35-29-23-16-11-9-8-10-14-20-26-32-40(2)3/h40-43H,7-39H2,1-6H3/t42?,43-/m0/s1. The van der Waals surface area contributed by atoms with Gasteiger partial charge in [-0.05, 0) is 37.0 Å². The molecule has 2 atom stereocenters. The Morgan fingerprint density at radius 1 is 0.385 bits per heavy atom. The summed E-state index contributed by atoms with van der Waals surface area (Å²) in [5, 5.41) is 0. The van der Waals surface area contributed by atoms with Crippen LogP contribution in [-0.4, -0.2) is 37.2 Å². The molecule has 1 unspecified atom stereocenters. The zero-order chi connectivity index (χ0) is 38.5. The Morgan fingerprint density at radius 2 is 0.673 bits per heavy atom. The van der Waals surface area contributed by atoms with Crippen LogP contribution in [0, 0.1) is 17.8 Å². The van der Waals surface area contributed by atoms with Crippen molar-refractivity contribution in [3.63, 3.8) is 0 Å². The van der Waals surface area contributed by atoms with Crippen molar-refractivity contribution in [3.05, 3.63) is 0 Å². The Balaban J connectivity index is 4.35. The average Bonchev–Trinajstić information content (AvgIpc) is 3.11. The highest BCUT2D eigenvalue weighted by molar-refractivity contribution is 5.71. The van der Waals surface area contributed by atoms with Crippen molar-refractivity contribution in [2.45, 2.75) is 247 Å². The van der Waals surface area contributed by atoms with E-state index in [1.807, 2.05) is 0 Å². The maximum Gasteiger partial charge on any atom is 0.306 e. The highest BCUT2D eigenvalue weighted by atomic mass is 16.6. The molecule has 0 aromatic rings. The van der Waals surface area contributed by atoms with Crippen LogP contribution >= 0.6 is 0 Å². The number of carbonyl (C=O) groups is 3. The Hall–Kier alpha value is -1.59. The van der Waals surface area contributed by atoms with Crippen molar-refractivity contribution in [3.8, 4) is 0 Å². The minimum Gasteiger partial charge on any atom is -0.462 e. The third-order valence-corrected chi connectivity index (χ3v) is 10.5. The monoisotopic (exact) mass is 737 g/mol. The first-order valence-corrected chi connectivity index (χ1v) is 22.6. The van der Waals surface area contributed by atoms with Crippen molar-refractivity contribution >= 4 is 17.9 Å². The van der Waals surface area contributed by atoms with Crippen LogP contribution in [0.1, 0.15) is 241 Å². The quantitative estimate of drug-likeness (QED) is 0.0355. The molecular weight excluding hydrogens is 649 g/mol. The van der Waals surface area contributed by atoms with Gasteiger partial charge >= 0.3 is 17.9 Å². The number of unbranched alkanes of at least 4 members (excludes halogenated alkanes) is 21. The first-order valence-electron chi connectivity index (χ1n) is 22.6. The molecule has 52 heavy (non-hydrogen) atoms. The van der Waals surface area contributed by atoms with Crippen molar-refractivity contribution in [2.75, 3.05) is 13.2 Å². The summed E-state index contributed by atoms with van der Waals surface area (Å²) in [7, 11) is 0. The van der Waals surface area contributed by atoms with E-state index in [-0.39, 0.29) is 31.1 Å². The normalized spacial score (nSPS) is 12.7. The van der Waals surface area contributed by atoms with E-state index in [2.05, 4.69) is 41.5 Å². The van der Waals surface area contributed by atoms with Crippen LogP contribution < -0.4 is 0 Å². The van der Waals surface area contributed by atoms with Gasteiger partial charge in [-0.25, -0.2) is 0 Å². The Bertz CT molecular complexity index is 809. The lowest BCUT2D eigenvalue weighted by Crippen LogP contribution is -2.30. The van der Waals surface area contributed by atoms with E-state index < -0.39 is 6.10 Å². The minimum atomic E-state index is -0.762. The third-order valence-electron chi connectivity index (χ3n) is 10.5. The number of hydrogen-bond acceptors (Lipinski definition) is 6. The Labute approximate surface area is 323 Å². The fourth-order valence-corrected chi connectivity index (χ4v) is 6.67. The molecule has 0 saturated carbocycles. The molecule has 0 fully saturated rings. The minimum absolute atomic E-state index is 0.0671. The molecule has 0 saturated heterocycles. The van der Waals surface area contributed by atoms with Gasteiger partial charge in [0, 0.05) is 19.3 Å². The molecule has 6 nitrogen and oxygen atoms in total. The van der Waals surface area contributed by atoms with E-state index in [1.54, 1.807) is 0 Å². The maximum absolute atomic E-state index is 12.7. The van der Waals surface area contributed by atoms with Gasteiger partial charge in [0.2, 0.25) is 0 Å². The molecular formula is C46H88O6. The molecule has 308 valence electrons. The van der Waals surface area contributed by atoms with Crippen molar-refractivity contribution in [1.29, 1.82) is 0 Å². The molecule has 0 rings (SSSR count). The molecule has 0 N–H and O–H groups in total. The highest BCUT2D eigenvalue weighted by Gasteiger charge is 2.19. The molecule has 0 aromatic heterocycles. The number of carbonyl (C=O) groups excluding carboxylic acids is 3. The summed E-state index contributed by atoms with van der Waals surface area (Å²) in [6.45, 7) is 13.6. The van der Waals surface area contributed by atoms with Crippen LogP contribution in [0.4, 0.5) is 0 Å². The number of hydrogen-bond donors (Lipinski definition) is 0. The first kappa shape index (κ1) is 50.4. The lowest BCUT2D eigenvalue weighted by molar-refractivity contribution is -0.167. The lowest BCUT2D eigenvalue weighted by Gasteiger charge is -2.18. The van der Waals surface area contributed by atoms with Crippen molar-refractivity contribution in [2.24, 2.45) is 17.8 Å². The molecule has 0 aliphatic rings. The maximum atomic E-state index is 12.7. The second kappa shape index (κ2) is 37.7. The zero-order valence-electron chi connectivity index (χ0n) is 35.6. The largest absolute Gasteiger partial charge is 0.462 e. The summed E-state index contributed by atoms with van der Waals surface area (Å²) in [6.07, 6.45) is 33.8. The lowest BCUT2D eigenvalue weighted by atomic mass is 10.00. The Morgan fingerprint density at radius 3 is 1.00 bits per heavy atom. The van der Waals surface area contributed by atoms with E-state index in [1.165, 1.54) is 122 Å². The highest BCUT2D eigenvalue weighted by Crippen LogP contribution is 2.17. The van der Waals surface area contributed by atoms with Crippen LogP contribution in [0.25, 0.3) is 0 Å². The molecule has 6 heteroatoms. The van der Waals surface area contributed by atoms with Gasteiger partial charge in [0.05, 0.1) is 0 Å². The van der Waals surface area contributed by atoms with Gasteiger partial charge in [0.25, 0.3) is 0 Å². The van der Waals surface area contributed by atoms with Crippen LogP contribution in [0.5, 0.6) is 0 Å². The molecule has 0 radical (unpaired) electrons. The summed E-state index contributed by atoms with van der Waals surface area (Å²) >= 11 is 0. The van der Waals surface area contributed by atoms with E-state index in [0.29, 0.717) is 19.3 Å². The zero-order valence-corrected chi connectivity index (χ0v) is 35.6. The van der Waals surface area contributed by atoms with Gasteiger partial charge in [-0.15, -0.1) is 0 Å². The number of ether oxygens (including phenoxy) is 3. The van der Waals surface area contributed by atoms with Crippen LogP contribution in [0.3, 0.4) is 0 Å². The second-order valence-corrected chi connectivity index (χ2v) is 16.9. The van der Waals surface area contributed by atoms with Crippen LogP contribution in [0.15, 0.2) is 0 Å². The second-order valence-electron chi connectivity index (χ2n) is 16.9. The van der Waals surface area contributed by atoms with E-state index in [4.69, 9.17) is 14.2 Å². The summed E-state index contributed by atoms with van der Waals surface area (Å²) in [4.78, 5) is 37.7. The van der Waals surface area contributed by atoms with E-state index >= 15 is 0 Å². The van der Waals surface area contributed by atoms with Gasteiger partial charge in [-0.2, -0.15) is 0 Å². The average molecular weight is 737 g/mol. The SMILES string of the molecule is CCC(C)CCCCCCCCC(=O)O[C@@H](COC(=O)CCCCCCCCCCCCC(C)C)COC(=O)CCCCCCCCCCC(C)C.